The number of benzene rings is 1. The summed E-state index contributed by atoms with van der Waals surface area (Å²) in [5, 5.41) is 3.37. The smallest absolute Gasteiger partial charge is 0.286 e. The summed E-state index contributed by atoms with van der Waals surface area (Å²) in [6, 6.07) is 11.0. The molecule has 0 unspecified atom stereocenters. The van der Waals surface area contributed by atoms with Gasteiger partial charge in [-0.15, -0.1) is 0 Å². The Hall–Kier alpha value is -2.74. The van der Waals surface area contributed by atoms with E-state index in [1.807, 2.05) is 24.3 Å². The monoisotopic (exact) mass is 412 g/mol. The minimum atomic E-state index is -0.502. The number of aromatic nitrogens is 2. The maximum absolute atomic E-state index is 12.9. The quantitative estimate of drug-likeness (QED) is 0.694. The summed E-state index contributed by atoms with van der Waals surface area (Å²) < 4.78 is 6.86. The van der Waals surface area contributed by atoms with Crippen LogP contribution in [0.2, 0.25) is 5.02 Å². The highest BCUT2D eigenvalue weighted by molar-refractivity contribution is 6.30. The highest BCUT2D eigenvalue weighted by atomic mass is 35.5. The average Bonchev–Trinajstić information content (AvgIpc) is 2.74. The average molecular weight is 413 g/mol. The van der Waals surface area contributed by atoms with Crippen molar-refractivity contribution in [1.82, 2.24) is 19.6 Å². The van der Waals surface area contributed by atoms with Crippen LogP contribution in [0.3, 0.4) is 0 Å². The van der Waals surface area contributed by atoms with Crippen molar-refractivity contribution in [2.75, 3.05) is 26.3 Å². The van der Waals surface area contributed by atoms with Crippen LogP contribution >= 0.6 is 11.6 Å². The van der Waals surface area contributed by atoms with E-state index in [0.717, 1.165) is 44.0 Å². The lowest BCUT2D eigenvalue weighted by atomic mass is 10.2. The molecule has 1 saturated heterocycles. The number of nitrogens with one attached hydrogen (secondary N) is 1. The molecule has 2 aromatic heterocycles. The maximum atomic E-state index is 12.9. The number of halogens is 1. The first-order chi connectivity index (χ1) is 14.1. The maximum Gasteiger partial charge on any atom is 0.286 e. The zero-order valence-electron chi connectivity index (χ0n) is 15.8. The van der Waals surface area contributed by atoms with E-state index in [9.17, 15) is 9.59 Å². The van der Waals surface area contributed by atoms with Gasteiger partial charge in [-0.25, -0.2) is 4.98 Å². The number of hydrogen-bond acceptors (Lipinski definition) is 5. The number of morpholine rings is 1. The Bertz CT molecular complexity index is 1080. The Kier molecular flexibility index (Phi) is 5.89. The van der Waals surface area contributed by atoms with Gasteiger partial charge in [-0.1, -0.05) is 29.8 Å². The summed E-state index contributed by atoms with van der Waals surface area (Å²) in [5.41, 5.74) is 1.98. The van der Waals surface area contributed by atoms with Gasteiger partial charge in [0.2, 0.25) is 0 Å². The molecule has 7 nitrogen and oxygen atoms in total. The molecule has 0 radical (unpaired) electrons. The van der Waals surface area contributed by atoms with Crippen molar-refractivity contribution in [2.24, 2.45) is 0 Å². The second kappa shape index (κ2) is 8.73. The molecule has 0 saturated carbocycles. The van der Waals surface area contributed by atoms with Crippen LogP contribution in [0.5, 0.6) is 0 Å². The van der Waals surface area contributed by atoms with Crippen LogP contribution in [0.4, 0.5) is 0 Å². The second-order valence-corrected chi connectivity index (χ2v) is 7.38. The van der Waals surface area contributed by atoms with Gasteiger partial charge in [0, 0.05) is 37.4 Å². The van der Waals surface area contributed by atoms with Crippen LogP contribution in [0.15, 0.2) is 53.6 Å². The molecule has 29 heavy (non-hydrogen) atoms. The Balaban J connectivity index is 1.52. The van der Waals surface area contributed by atoms with Crippen molar-refractivity contribution in [2.45, 2.75) is 13.1 Å². The Labute approximate surface area is 172 Å². The Morgan fingerprint density at radius 1 is 1.10 bits per heavy atom. The highest BCUT2D eigenvalue weighted by Crippen LogP contribution is 2.10. The fourth-order valence-electron chi connectivity index (χ4n) is 3.27. The first-order valence-corrected chi connectivity index (χ1v) is 9.81. The predicted octanol–water partition coefficient (Wildman–Crippen LogP) is 2.11. The van der Waals surface area contributed by atoms with Crippen molar-refractivity contribution >= 4 is 23.0 Å². The lowest BCUT2D eigenvalue weighted by Crippen LogP contribution is -2.36. The number of ether oxygens (including phenoxy) is 1. The topological polar surface area (TPSA) is 75.9 Å². The van der Waals surface area contributed by atoms with Gasteiger partial charge in [0.25, 0.3) is 11.5 Å². The van der Waals surface area contributed by atoms with E-state index in [-0.39, 0.29) is 12.2 Å². The second-order valence-electron chi connectivity index (χ2n) is 6.94. The van der Waals surface area contributed by atoms with E-state index in [1.54, 1.807) is 18.3 Å². The summed E-state index contributed by atoms with van der Waals surface area (Å²) in [6.07, 6.45) is 3.32. The normalized spacial score (nSPS) is 14.8. The largest absolute Gasteiger partial charge is 0.379 e. The minimum Gasteiger partial charge on any atom is -0.379 e. The van der Waals surface area contributed by atoms with Gasteiger partial charge in [-0.2, -0.15) is 0 Å². The molecule has 1 amide bonds. The highest BCUT2D eigenvalue weighted by Gasteiger charge is 2.15. The molecule has 0 atom stereocenters. The molecule has 0 spiro atoms. The molecule has 3 aromatic rings. The number of carbonyl (C=O) groups is 1. The molecule has 1 fully saturated rings. The molecular weight excluding hydrogens is 392 g/mol. The van der Waals surface area contributed by atoms with Crippen molar-refractivity contribution in [3.05, 3.63) is 81.0 Å². The van der Waals surface area contributed by atoms with Gasteiger partial charge < -0.3 is 10.1 Å². The molecule has 1 aliphatic rings. The standard InChI is InChI=1S/C21H21ClN4O3/c22-17-4-1-15(2-5-17)11-24-20(27)19-21(28)26-14-16(3-6-18(26)12-23-19)13-25-7-9-29-10-8-25/h1-6,12,14H,7-11,13H2,(H,24,27). The summed E-state index contributed by atoms with van der Waals surface area (Å²) in [6.45, 7) is 4.18. The van der Waals surface area contributed by atoms with E-state index in [0.29, 0.717) is 10.5 Å². The number of fused-ring (bicyclic) bond motifs is 1. The van der Waals surface area contributed by atoms with Crippen molar-refractivity contribution < 1.29 is 9.53 Å². The van der Waals surface area contributed by atoms with Crippen LogP contribution in [0.1, 0.15) is 21.6 Å². The number of pyridine rings is 1. The molecule has 1 aromatic carbocycles. The fourth-order valence-corrected chi connectivity index (χ4v) is 3.40. The van der Waals surface area contributed by atoms with Gasteiger partial charge in [0.15, 0.2) is 5.69 Å². The molecule has 4 rings (SSSR count). The van der Waals surface area contributed by atoms with Crippen LogP contribution in [-0.2, 0) is 17.8 Å². The summed E-state index contributed by atoms with van der Waals surface area (Å²) in [5.74, 6) is -0.502. The number of amides is 1. The van der Waals surface area contributed by atoms with Crippen LogP contribution in [0.25, 0.3) is 5.52 Å². The summed E-state index contributed by atoms with van der Waals surface area (Å²) in [7, 11) is 0. The molecule has 1 aliphatic heterocycles. The third-order valence-corrected chi connectivity index (χ3v) is 5.13. The van der Waals surface area contributed by atoms with Gasteiger partial charge in [-0.05, 0) is 29.3 Å². The Morgan fingerprint density at radius 3 is 2.59 bits per heavy atom. The van der Waals surface area contributed by atoms with Gasteiger partial charge >= 0.3 is 0 Å². The third-order valence-electron chi connectivity index (χ3n) is 4.88. The third kappa shape index (κ3) is 4.64. The van der Waals surface area contributed by atoms with Crippen molar-refractivity contribution in [3.63, 3.8) is 0 Å². The lowest BCUT2D eigenvalue weighted by molar-refractivity contribution is 0.0341. The first kappa shape index (κ1) is 19.6. The SMILES string of the molecule is O=C(NCc1ccc(Cl)cc1)c1ncc2ccc(CN3CCOCC3)cn2c1=O. The fraction of sp³-hybridized carbons (Fsp3) is 0.286. The number of nitrogens with zero attached hydrogens (tertiary/aromatic N) is 3. The number of carbonyl (C=O) groups excluding carboxylic acids is 1. The van der Waals surface area contributed by atoms with E-state index < -0.39 is 11.5 Å². The van der Waals surface area contributed by atoms with Crippen LogP contribution in [-0.4, -0.2) is 46.5 Å². The molecule has 3 heterocycles. The molecule has 0 bridgehead atoms. The predicted molar refractivity (Wildman–Crippen MR) is 110 cm³/mol. The minimum absolute atomic E-state index is 0.125. The number of hydrogen-bond donors (Lipinski definition) is 1. The van der Waals surface area contributed by atoms with Gasteiger partial charge in [0.05, 0.1) is 24.9 Å². The first-order valence-electron chi connectivity index (χ1n) is 9.43. The van der Waals surface area contributed by atoms with E-state index in [2.05, 4.69) is 15.2 Å². The molecule has 1 N–H and O–H groups in total. The van der Waals surface area contributed by atoms with Gasteiger partial charge in [-0.3, -0.25) is 18.9 Å². The zero-order chi connectivity index (χ0) is 20.2. The lowest BCUT2D eigenvalue weighted by Gasteiger charge is -2.26. The van der Waals surface area contributed by atoms with Crippen molar-refractivity contribution in [3.8, 4) is 0 Å². The summed E-state index contributed by atoms with van der Waals surface area (Å²) in [4.78, 5) is 31.7. The molecule has 150 valence electrons. The zero-order valence-corrected chi connectivity index (χ0v) is 16.6. The van der Waals surface area contributed by atoms with E-state index >= 15 is 0 Å². The van der Waals surface area contributed by atoms with E-state index in [4.69, 9.17) is 16.3 Å². The number of rotatable bonds is 5. The van der Waals surface area contributed by atoms with Gasteiger partial charge in [0.1, 0.15) is 0 Å². The molecular formula is C21H21ClN4O3. The summed E-state index contributed by atoms with van der Waals surface area (Å²) >= 11 is 5.87. The van der Waals surface area contributed by atoms with E-state index in [1.165, 1.54) is 10.6 Å². The van der Waals surface area contributed by atoms with Crippen LogP contribution in [0, 0.1) is 0 Å². The van der Waals surface area contributed by atoms with Crippen molar-refractivity contribution in [1.29, 1.82) is 0 Å². The van der Waals surface area contributed by atoms with Crippen LogP contribution < -0.4 is 10.9 Å². The Morgan fingerprint density at radius 2 is 1.83 bits per heavy atom. The molecule has 8 heteroatoms. The molecule has 0 aliphatic carbocycles.